The molecule has 27 heavy (non-hydrogen) atoms. The van der Waals surface area contributed by atoms with Gasteiger partial charge in [0.05, 0.1) is 11.7 Å². The number of hydrogen-bond acceptors (Lipinski definition) is 2. The van der Waals surface area contributed by atoms with E-state index in [0.29, 0.717) is 24.3 Å². The van der Waals surface area contributed by atoms with Gasteiger partial charge in [0, 0.05) is 25.7 Å². The Labute approximate surface area is 160 Å². The second-order valence-electron chi connectivity index (χ2n) is 7.58. The van der Waals surface area contributed by atoms with Crippen molar-refractivity contribution in [3.63, 3.8) is 0 Å². The maximum absolute atomic E-state index is 13.5. The Hall–Kier alpha value is -2.24. The third kappa shape index (κ3) is 4.93. The number of halogens is 2. The summed E-state index contributed by atoms with van der Waals surface area (Å²) in [7, 11) is 1.69. The average molecular weight is 377 g/mol. The van der Waals surface area contributed by atoms with Gasteiger partial charge < -0.3 is 4.90 Å². The van der Waals surface area contributed by atoms with Crippen LogP contribution in [0, 0.1) is 31.4 Å². The lowest BCUT2D eigenvalue weighted by atomic mass is 10.0. The van der Waals surface area contributed by atoms with E-state index >= 15 is 0 Å². The van der Waals surface area contributed by atoms with Crippen LogP contribution in [0.2, 0.25) is 0 Å². The topological polar surface area (TPSA) is 38.1 Å². The molecule has 1 aromatic carbocycles. The fraction of sp³-hybridized carbons (Fsp3) is 0.524. The first-order valence-electron chi connectivity index (χ1n) is 9.35. The number of aromatic nitrogens is 2. The van der Waals surface area contributed by atoms with E-state index in [1.165, 1.54) is 6.07 Å². The van der Waals surface area contributed by atoms with E-state index in [1.54, 1.807) is 11.9 Å². The van der Waals surface area contributed by atoms with Crippen molar-refractivity contribution in [2.45, 2.75) is 60.0 Å². The summed E-state index contributed by atoms with van der Waals surface area (Å²) in [5.74, 6) is -1.32. The Morgan fingerprint density at radius 3 is 2.44 bits per heavy atom. The van der Waals surface area contributed by atoms with Gasteiger partial charge in [-0.25, -0.2) is 8.78 Å². The highest BCUT2D eigenvalue weighted by molar-refractivity contribution is 5.76. The SMILES string of the molecule is Cc1nn(CC(C)C)c(C)c1CCC(=O)N(C)C(C)c1ccc(F)c(F)c1. The molecule has 0 N–H and O–H groups in total. The minimum absolute atomic E-state index is 0.0392. The van der Waals surface area contributed by atoms with Crippen molar-refractivity contribution >= 4 is 5.91 Å². The van der Waals surface area contributed by atoms with Gasteiger partial charge in [-0.1, -0.05) is 19.9 Å². The summed E-state index contributed by atoms with van der Waals surface area (Å²) in [6.07, 6.45) is 0.961. The number of carbonyl (C=O) groups is 1. The molecule has 0 spiro atoms. The van der Waals surface area contributed by atoms with Crippen molar-refractivity contribution in [2.75, 3.05) is 7.05 Å². The predicted molar refractivity (Wildman–Crippen MR) is 102 cm³/mol. The molecule has 0 aliphatic rings. The molecule has 6 heteroatoms. The van der Waals surface area contributed by atoms with Crippen molar-refractivity contribution in [3.05, 3.63) is 52.3 Å². The molecule has 148 valence electrons. The van der Waals surface area contributed by atoms with Crippen molar-refractivity contribution in [3.8, 4) is 0 Å². The standard InChI is InChI=1S/C21H29F2N3O/c1-13(2)12-26-16(5)18(14(3)24-26)8-10-21(27)25(6)15(4)17-7-9-19(22)20(23)11-17/h7,9,11,13,15H,8,10,12H2,1-6H3. The third-order valence-corrected chi connectivity index (χ3v) is 5.06. The number of hydrogen-bond donors (Lipinski definition) is 0. The second-order valence-corrected chi connectivity index (χ2v) is 7.58. The molecule has 0 saturated heterocycles. The van der Waals surface area contributed by atoms with Crippen LogP contribution in [-0.2, 0) is 17.8 Å². The Kier molecular flexibility index (Phi) is 6.73. The number of carbonyl (C=O) groups excluding carboxylic acids is 1. The minimum Gasteiger partial charge on any atom is -0.339 e. The van der Waals surface area contributed by atoms with E-state index in [4.69, 9.17) is 0 Å². The summed E-state index contributed by atoms with van der Waals surface area (Å²) in [6, 6.07) is 3.42. The van der Waals surface area contributed by atoms with Gasteiger partial charge in [0.2, 0.25) is 5.91 Å². The van der Waals surface area contributed by atoms with E-state index in [-0.39, 0.29) is 11.9 Å². The fourth-order valence-corrected chi connectivity index (χ4v) is 3.24. The molecule has 1 atom stereocenters. The molecule has 2 aromatic rings. The van der Waals surface area contributed by atoms with E-state index in [9.17, 15) is 13.6 Å². The highest BCUT2D eigenvalue weighted by Crippen LogP contribution is 2.23. The van der Waals surface area contributed by atoms with Gasteiger partial charge in [-0.2, -0.15) is 5.10 Å². The molecule has 0 aliphatic heterocycles. The first-order chi connectivity index (χ1) is 12.6. The molecule has 1 amide bonds. The van der Waals surface area contributed by atoms with Crippen molar-refractivity contribution in [2.24, 2.45) is 5.92 Å². The van der Waals surface area contributed by atoms with Crippen LogP contribution in [0.3, 0.4) is 0 Å². The monoisotopic (exact) mass is 377 g/mol. The summed E-state index contributed by atoms with van der Waals surface area (Å²) in [5, 5.41) is 4.59. The quantitative estimate of drug-likeness (QED) is 0.708. The molecule has 0 fully saturated rings. The number of rotatable bonds is 7. The Morgan fingerprint density at radius 1 is 1.19 bits per heavy atom. The lowest BCUT2D eigenvalue weighted by molar-refractivity contribution is -0.131. The minimum atomic E-state index is -0.899. The zero-order valence-electron chi connectivity index (χ0n) is 17.0. The van der Waals surface area contributed by atoms with Gasteiger partial charge in [-0.3, -0.25) is 9.48 Å². The van der Waals surface area contributed by atoms with Crippen LogP contribution in [-0.4, -0.2) is 27.6 Å². The molecular weight excluding hydrogens is 348 g/mol. The summed E-state index contributed by atoms with van der Waals surface area (Å²) in [6.45, 7) is 11.0. The van der Waals surface area contributed by atoms with Crippen molar-refractivity contribution in [1.29, 1.82) is 0 Å². The van der Waals surface area contributed by atoms with E-state index in [2.05, 4.69) is 18.9 Å². The highest BCUT2D eigenvalue weighted by atomic mass is 19.2. The number of amides is 1. The number of aryl methyl sites for hydroxylation is 1. The van der Waals surface area contributed by atoms with Crippen LogP contribution in [0.15, 0.2) is 18.2 Å². The Balaban J connectivity index is 2.04. The maximum Gasteiger partial charge on any atom is 0.223 e. The van der Waals surface area contributed by atoms with Crippen LogP contribution in [0.4, 0.5) is 8.78 Å². The zero-order valence-corrected chi connectivity index (χ0v) is 17.0. The third-order valence-electron chi connectivity index (χ3n) is 5.06. The molecule has 1 unspecified atom stereocenters. The largest absolute Gasteiger partial charge is 0.339 e. The molecule has 1 heterocycles. The molecule has 2 rings (SSSR count). The van der Waals surface area contributed by atoms with Gasteiger partial charge in [0.25, 0.3) is 0 Å². The van der Waals surface area contributed by atoms with Gasteiger partial charge in [-0.15, -0.1) is 0 Å². The number of benzene rings is 1. The second kappa shape index (κ2) is 8.63. The van der Waals surface area contributed by atoms with E-state index in [1.807, 2.05) is 25.5 Å². The fourth-order valence-electron chi connectivity index (χ4n) is 3.24. The lowest BCUT2D eigenvalue weighted by Gasteiger charge is -2.25. The van der Waals surface area contributed by atoms with Gasteiger partial charge in [-0.05, 0) is 56.4 Å². The normalized spacial score (nSPS) is 12.5. The molecule has 1 aromatic heterocycles. The smallest absolute Gasteiger partial charge is 0.223 e. The first-order valence-corrected chi connectivity index (χ1v) is 9.35. The first kappa shape index (κ1) is 21.1. The van der Waals surface area contributed by atoms with Crippen LogP contribution in [0.1, 0.15) is 55.7 Å². The molecule has 0 saturated carbocycles. The van der Waals surface area contributed by atoms with Crippen LogP contribution >= 0.6 is 0 Å². The zero-order chi connectivity index (χ0) is 20.3. The molecule has 4 nitrogen and oxygen atoms in total. The summed E-state index contributed by atoms with van der Waals surface area (Å²) < 4.78 is 28.6. The summed E-state index contributed by atoms with van der Waals surface area (Å²) in [5.41, 5.74) is 3.74. The molecule has 0 radical (unpaired) electrons. The van der Waals surface area contributed by atoms with Crippen molar-refractivity contribution in [1.82, 2.24) is 14.7 Å². The number of nitrogens with zero attached hydrogens (tertiary/aromatic N) is 3. The molecular formula is C21H29F2N3O. The van der Waals surface area contributed by atoms with Crippen LogP contribution in [0.5, 0.6) is 0 Å². The van der Waals surface area contributed by atoms with Crippen LogP contribution < -0.4 is 0 Å². The maximum atomic E-state index is 13.5. The molecule has 0 bridgehead atoms. The highest BCUT2D eigenvalue weighted by Gasteiger charge is 2.20. The molecule has 0 aliphatic carbocycles. The van der Waals surface area contributed by atoms with Gasteiger partial charge in [0.15, 0.2) is 11.6 Å². The van der Waals surface area contributed by atoms with E-state index < -0.39 is 11.6 Å². The summed E-state index contributed by atoms with van der Waals surface area (Å²) >= 11 is 0. The summed E-state index contributed by atoms with van der Waals surface area (Å²) in [4.78, 5) is 14.2. The van der Waals surface area contributed by atoms with Crippen LogP contribution in [0.25, 0.3) is 0 Å². The van der Waals surface area contributed by atoms with Gasteiger partial charge in [0.1, 0.15) is 0 Å². The Bertz CT molecular complexity index is 814. The lowest BCUT2D eigenvalue weighted by Crippen LogP contribution is -2.30. The van der Waals surface area contributed by atoms with E-state index in [0.717, 1.165) is 35.6 Å². The predicted octanol–water partition coefficient (Wildman–Crippen LogP) is 4.59. The average Bonchev–Trinajstić information content (AvgIpc) is 2.86. The van der Waals surface area contributed by atoms with Crippen molar-refractivity contribution < 1.29 is 13.6 Å². The Morgan fingerprint density at radius 2 is 1.85 bits per heavy atom. The van der Waals surface area contributed by atoms with Gasteiger partial charge >= 0.3 is 0 Å².